The zero-order chi connectivity index (χ0) is 16.5. The molecule has 3 heterocycles. The Morgan fingerprint density at radius 3 is 2.75 bits per heavy atom. The van der Waals surface area contributed by atoms with Crippen molar-refractivity contribution in [1.82, 2.24) is 19.9 Å². The molecular weight excluding hydrogens is 302 g/mol. The van der Waals surface area contributed by atoms with E-state index in [0.29, 0.717) is 18.4 Å². The number of hydrogen-bond donors (Lipinski definition) is 1. The summed E-state index contributed by atoms with van der Waals surface area (Å²) in [5.41, 5.74) is 1.87. The van der Waals surface area contributed by atoms with E-state index in [4.69, 9.17) is 4.98 Å². The van der Waals surface area contributed by atoms with Gasteiger partial charge in [0.25, 0.3) is 0 Å². The molecule has 24 heavy (non-hydrogen) atoms. The van der Waals surface area contributed by atoms with Gasteiger partial charge in [-0.05, 0) is 50.2 Å². The van der Waals surface area contributed by atoms with Crippen molar-refractivity contribution in [3.05, 3.63) is 18.3 Å². The lowest BCUT2D eigenvalue weighted by Gasteiger charge is -2.33. The van der Waals surface area contributed by atoms with Crippen molar-refractivity contribution >= 4 is 23.0 Å². The first-order valence-electron chi connectivity index (χ1n) is 9.02. The largest absolute Gasteiger partial charge is 0.353 e. The first kappa shape index (κ1) is 15.4. The van der Waals surface area contributed by atoms with Crippen LogP contribution in [0, 0.1) is 5.92 Å². The van der Waals surface area contributed by atoms with Gasteiger partial charge in [-0.25, -0.2) is 9.97 Å². The van der Waals surface area contributed by atoms with E-state index >= 15 is 0 Å². The maximum atomic E-state index is 12.1. The zero-order valence-corrected chi connectivity index (χ0v) is 14.2. The molecule has 2 aliphatic rings. The van der Waals surface area contributed by atoms with Crippen LogP contribution in [0.3, 0.4) is 0 Å². The first-order chi connectivity index (χ1) is 11.7. The molecule has 2 aromatic rings. The molecule has 6 nitrogen and oxygen atoms in total. The summed E-state index contributed by atoms with van der Waals surface area (Å²) in [6.07, 6.45) is 8.16. The van der Waals surface area contributed by atoms with Crippen molar-refractivity contribution in [3.63, 3.8) is 0 Å². The standard InChI is InChI=1S/C18H25N5O/c1-22-17-15(6-3-9-19-17)21-18(22)23-10-7-13(8-11-23)12-16(24)20-14-4-2-5-14/h3,6,9,13-14H,2,4-5,7-8,10-12H2,1H3,(H,20,24). The highest BCUT2D eigenvalue weighted by molar-refractivity contribution is 5.77. The molecule has 1 amide bonds. The number of carbonyl (C=O) groups is 1. The minimum atomic E-state index is 0.241. The minimum Gasteiger partial charge on any atom is -0.353 e. The van der Waals surface area contributed by atoms with Crippen molar-refractivity contribution in [1.29, 1.82) is 0 Å². The number of anilines is 1. The number of fused-ring (bicyclic) bond motifs is 1. The van der Waals surface area contributed by atoms with Gasteiger partial charge in [0.05, 0.1) is 0 Å². The molecule has 0 bridgehead atoms. The van der Waals surface area contributed by atoms with Crippen LogP contribution in [0.2, 0.25) is 0 Å². The number of carbonyl (C=O) groups excluding carboxylic acids is 1. The van der Waals surface area contributed by atoms with Crippen LogP contribution in [0.5, 0.6) is 0 Å². The second-order valence-corrected chi connectivity index (χ2v) is 7.15. The molecule has 2 aromatic heterocycles. The Morgan fingerprint density at radius 2 is 2.08 bits per heavy atom. The van der Waals surface area contributed by atoms with Gasteiger partial charge in [-0.15, -0.1) is 0 Å². The predicted molar refractivity (Wildman–Crippen MR) is 93.8 cm³/mol. The number of rotatable bonds is 4. The summed E-state index contributed by atoms with van der Waals surface area (Å²) in [5.74, 6) is 1.72. The highest BCUT2D eigenvalue weighted by Gasteiger charge is 2.26. The topological polar surface area (TPSA) is 63.1 Å². The summed E-state index contributed by atoms with van der Waals surface area (Å²) in [6.45, 7) is 1.91. The molecule has 4 rings (SSSR count). The van der Waals surface area contributed by atoms with Gasteiger partial charge >= 0.3 is 0 Å². The van der Waals surface area contributed by atoms with Gasteiger partial charge < -0.3 is 10.2 Å². The molecule has 1 saturated carbocycles. The van der Waals surface area contributed by atoms with Crippen LogP contribution >= 0.6 is 0 Å². The van der Waals surface area contributed by atoms with Gasteiger partial charge in [0.15, 0.2) is 5.65 Å². The lowest BCUT2D eigenvalue weighted by molar-refractivity contribution is -0.123. The Morgan fingerprint density at radius 1 is 1.29 bits per heavy atom. The fraction of sp³-hybridized carbons (Fsp3) is 0.611. The van der Waals surface area contributed by atoms with E-state index in [1.54, 1.807) is 6.20 Å². The fourth-order valence-corrected chi connectivity index (χ4v) is 3.73. The zero-order valence-electron chi connectivity index (χ0n) is 14.2. The smallest absolute Gasteiger partial charge is 0.220 e. The number of imidazole rings is 1. The number of amides is 1. The second kappa shape index (κ2) is 6.42. The molecule has 0 aromatic carbocycles. The second-order valence-electron chi connectivity index (χ2n) is 7.15. The Kier molecular flexibility index (Phi) is 4.12. The first-order valence-corrected chi connectivity index (χ1v) is 9.02. The maximum Gasteiger partial charge on any atom is 0.220 e. The third-order valence-corrected chi connectivity index (χ3v) is 5.45. The molecule has 6 heteroatoms. The van der Waals surface area contributed by atoms with Crippen LogP contribution in [-0.4, -0.2) is 39.6 Å². The SMILES string of the molecule is Cn1c(N2CCC(CC(=O)NC3CCC3)CC2)nc2cccnc21. The lowest BCUT2D eigenvalue weighted by Crippen LogP contribution is -2.41. The van der Waals surface area contributed by atoms with Crippen LogP contribution < -0.4 is 10.2 Å². The molecule has 2 fully saturated rings. The molecule has 1 N–H and O–H groups in total. The van der Waals surface area contributed by atoms with Crippen molar-refractivity contribution in [3.8, 4) is 0 Å². The van der Waals surface area contributed by atoms with E-state index in [9.17, 15) is 4.79 Å². The minimum absolute atomic E-state index is 0.241. The molecule has 0 spiro atoms. The summed E-state index contributed by atoms with van der Waals surface area (Å²) >= 11 is 0. The number of aromatic nitrogens is 3. The monoisotopic (exact) mass is 327 g/mol. The summed E-state index contributed by atoms with van der Waals surface area (Å²) in [6, 6.07) is 4.38. The van der Waals surface area contributed by atoms with Crippen molar-refractivity contribution in [2.75, 3.05) is 18.0 Å². The Balaban J connectivity index is 1.35. The van der Waals surface area contributed by atoms with Crippen LogP contribution in [-0.2, 0) is 11.8 Å². The number of nitrogens with one attached hydrogen (secondary N) is 1. The number of pyridine rings is 1. The van der Waals surface area contributed by atoms with E-state index in [-0.39, 0.29) is 5.91 Å². The Hall–Kier alpha value is -2.11. The van der Waals surface area contributed by atoms with Crippen molar-refractivity contribution < 1.29 is 4.79 Å². The van der Waals surface area contributed by atoms with Crippen LogP contribution in [0.4, 0.5) is 5.95 Å². The van der Waals surface area contributed by atoms with Gasteiger partial charge in [0.2, 0.25) is 11.9 Å². The van der Waals surface area contributed by atoms with Crippen LogP contribution in [0.1, 0.15) is 38.5 Å². The van der Waals surface area contributed by atoms with Crippen LogP contribution in [0.15, 0.2) is 18.3 Å². The van der Waals surface area contributed by atoms with E-state index in [1.165, 1.54) is 6.42 Å². The van der Waals surface area contributed by atoms with E-state index in [1.807, 2.05) is 19.2 Å². The molecule has 128 valence electrons. The number of aryl methyl sites for hydroxylation is 1. The molecule has 1 aliphatic carbocycles. The normalized spacial score (nSPS) is 19.5. The number of nitrogens with zero attached hydrogens (tertiary/aromatic N) is 4. The third-order valence-electron chi connectivity index (χ3n) is 5.45. The summed E-state index contributed by atoms with van der Waals surface area (Å²) in [5, 5.41) is 3.16. The quantitative estimate of drug-likeness (QED) is 0.935. The van der Waals surface area contributed by atoms with Crippen molar-refractivity contribution in [2.24, 2.45) is 13.0 Å². The van der Waals surface area contributed by atoms with Gasteiger partial charge in [-0.1, -0.05) is 0 Å². The van der Waals surface area contributed by atoms with Gasteiger partial charge in [-0.3, -0.25) is 9.36 Å². The van der Waals surface area contributed by atoms with Gasteiger partial charge in [-0.2, -0.15) is 0 Å². The fourth-order valence-electron chi connectivity index (χ4n) is 3.73. The van der Waals surface area contributed by atoms with E-state index < -0.39 is 0 Å². The van der Waals surface area contributed by atoms with E-state index in [2.05, 4.69) is 19.8 Å². The highest BCUT2D eigenvalue weighted by Crippen LogP contribution is 2.27. The Bertz CT molecular complexity index is 728. The molecule has 0 unspecified atom stereocenters. The number of piperidine rings is 1. The van der Waals surface area contributed by atoms with Crippen LogP contribution in [0.25, 0.3) is 11.2 Å². The predicted octanol–water partition coefficient (Wildman–Crippen LogP) is 2.24. The average Bonchev–Trinajstić information content (AvgIpc) is 2.89. The molecular formula is C18H25N5O. The Labute approximate surface area is 142 Å². The number of hydrogen-bond acceptors (Lipinski definition) is 4. The average molecular weight is 327 g/mol. The van der Waals surface area contributed by atoms with Gasteiger partial charge in [0.1, 0.15) is 5.52 Å². The van der Waals surface area contributed by atoms with Crippen molar-refractivity contribution in [2.45, 2.75) is 44.6 Å². The lowest BCUT2D eigenvalue weighted by atomic mass is 9.91. The maximum absolute atomic E-state index is 12.1. The summed E-state index contributed by atoms with van der Waals surface area (Å²) < 4.78 is 2.07. The third kappa shape index (κ3) is 2.97. The highest BCUT2D eigenvalue weighted by atomic mass is 16.1. The summed E-state index contributed by atoms with van der Waals surface area (Å²) in [7, 11) is 2.02. The molecule has 1 saturated heterocycles. The summed E-state index contributed by atoms with van der Waals surface area (Å²) in [4.78, 5) is 23.5. The molecule has 0 radical (unpaired) electrons. The molecule has 1 aliphatic heterocycles. The van der Waals surface area contributed by atoms with Gasteiger partial charge in [0, 0.05) is 38.8 Å². The molecule has 0 atom stereocenters. The van der Waals surface area contributed by atoms with E-state index in [0.717, 1.165) is 55.9 Å².